The van der Waals surface area contributed by atoms with E-state index in [0.29, 0.717) is 45.2 Å². The Balaban J connectivity index is 2.04. The Labute approximate surface area is 572 Å². The molecule has 27 heteroatoms. The van der Waals surface area contributed by atoms with Gasteiger partial charge < -0.3 is 60.5 Å². The van der Waals surface area contributed by atoms with Crippen molar-refractivity contribution in [2.75, 3.05) is 69.0 Å². The first-order valence-electron chi connectivity index (χ1n) is 33.3. The van der Waals surface area contributed by atoms with Gasteiger partial charge in [-0.25, -0.2) is 9.59 Å². The van der Waals surface area contributed by atoms with Gasteiger partial charge in [-0.3, -0.25) is 57.7 Å². The monoisotopic (exact) mass is 1360 g/mol. The number of nitrogens with zero attached hydrogens (tertiary/aromatic N) is 8. The van der Waals surface area contributed by atoms with Crippen LogP contribution in [0.4, 0.5) is 9.59 Å². The average molecular weight is 1360 g/mol. The summed E-state index contributed by atoms with van der Waals surface area (Å²) in [5, 5.41) is 22.5. The molecule has 0 spiro atoms. The number of urea groups is 2. The normalized spacial score (nSPS) is 24.9. The average Bonchev–Trinajstić information content (AvgIpc) is 0.837. The van der Waals surface area contributed by atoms with Crippen molar-refractivity contribution in [2.24, 2.45) is 23.7 Å². The van der Waals surface area contributed by atoms with Crippen molar-refractivity contribution in [1.82, 2.24) is 60.5 Å². The third-order valence-electron chi connectivity index (χ3n) is 17.8. The molecule has 5 N–H and O–H groups in total. The van der Waals surface area contributed by atoms with E-state index in [1.807, 2.05) is 13.8 Å². The second kappa shape index (κ2) is 36.0. The van der Waals surface area contributed by atoms with Gasteiger partial charge in [0.15, 0.2) is 6.04 Å². The van der Waals surface area contributed by atoms with E-state index in [0.717, 1.165) is 45.0 Å². The Morgan fingerprint density at radius 1 is 0.542 bits per heavy atom. The van der Waals surface area contributed by atoms with E-state index >= 15 is 38.4 Å². The Morgan fingerprint density at radius 3 is 1.51 bits per heavy atom. The van der Waals surface area contributed by atoms with Crippen molar-refractivity contribution in [3.05, 3.63) is 70.7 Å². The summed E-state index contributed by atoms with van der Waals surface area (Å²) >= 11 is 6.29. The van der Waals surface area contributed by atoms with Crippen LogP contribution in [0.25, 0.3) is 0 Å². The Kier molecular flexibility index (Phi) is 30.3. The highest BCUT2D eigenvalue weighted by Gasteiger charge is 2.46. The van der Waals surface area contributed by atoms with Gasteiger partial charge in [0.25, 0.3) is 17.7 Å². The van der Waals surface area contributed by atoms with Crippen molar-refractivity contribution in [1.29, 1.82) is 0 Å². The first-order chi connectivity index (χ1) is 44.8. The van der Waals surface area contributed by atoms with E-state index in [1.165, 1.54) is 47.1 Å². The van der Waals surface area contributed by atoms with Crippen LogP contribution in [-0.4, -0.2) is 251 Å². The van der Waals surface area contributed by atoms with Gasteiger partial charge in [-0.05, 0) is 107 Å². The highest BCUT2D eigenvalue weighted by atomic mass is 35.5. The Bertz CT molecular complexity index is 3050. The lowest BCUT2D eigenvalue weighted by Crippen LogP contribution is -2.64. The van der Waals surface area contributed by atoms with E-state index in [4.69, 9.17) is 16.3 Å². The van der Waals surface area contributed by atoms with Crippen LogP contribution in [0.1, 0.15) is 133 Å². The molecule has 26 nitrogen and oxygen atoms in total. The fourth-order valence-electron chi connectivity index (χ4n) is 11.8. The molecule has 0 aliphatic carbocycles. The van der Waals surface area contributed by atoms with E-state index in [1.54, 1.807) is 117 Å². The number of nitrogens with one attached hydrogen (secondary N) is 4. The number of halogens is 1. The maximum atomic E-state index is 15.3. The number of hydrogen-bond donors (Lipinski definition) is 5. The fourth-order valence-corrected chi connectivity index (χ4v) is 11.9. The molecule has 0 radical (unpaired) electrons. The van der Waals surface area contributed by atoms with Gasteiger partial charge >= 0.3 is 12.1 Å². The van der Waals surface area contributed by atoms with Crippen molar-refractivity contribution >= 4 is 82.7 Å². The van der Waals surface area contributed by atoms with Crippen LogP contribution in [0.15, 0.2) is 54.6 Å². The summed E-state index contributed by atoms with van der Waals surface area (Å²) < 4.78 is 6.15. The highest BCUT2D eigenvalue weighted by Crippen LogP contribution is 2.24. The SMILES string of the molecule is CC[C@H](C)C1NC(=O)[C@H](Cc2ccc(Cl)cc2)N(C)C(=O)N(C)C(=O)[C@@H](C(=O)N2CCCCC2)NC(=O)C(C(C)C)N(C)C(=O)C(COC(C)(C)C)NC(=O)C(CC(C)C)N(C)C(=O)[C@H](Cc2ccccc2)N(C)C(=O)N(C)C(=O)C([C@@H](C)O)NC(=O)C(CC(C)C)N(C)C1=O. The van der Waals surface area contributed by atoms with Gasteiger partial charge in [0.2, 0.25) is 41.4 Å². The number of piperidine rings is 1. The molecule has 2 heterocycles. The zero-order valence-electron chi connectivity index (χ0n) is 59.8. The minimum Gasteiger partial charge on any atom is -0.391 e. The molecule has 11 atom stereocenters. The van der Waals surface area contributed by atoms with Crippen LogP contribution < -0.4 is 21.3 Å². The summed E-state index contributed by atoms with van der Waals surface area (Å²) in [5.74, 6) is -11.0. The third kappa shape index (κ3) is 21.6. The van der Waals surface area contributed by atoms with Crippen LogP contribution in [0, 0.1) is 23.7 Å². The van der Waals surface area contributed by atoms with Crippen LogP contribution >= 0.6 is 11.6 Å². The number of carbonyl (C=O) groups excluding carboxylic acids is 12. The topological polar surface area (TPSA) is 308 Å². The second-order valence-corrected chi connectivity index (χ2v) is 28.3. The minimum atomic E-state index is -2.06. The second-order valence-electron chi connectivity index (χ2n) is 27.9. The zero-order chi connectivity index (χ0) is 72.5. The summed E-state index contributed by atoms with van der Waals surface area (Å²) in [6.07, 6.45) is 0.252. The summed E-state index contributed by atoms with van der Waals surface area (Å²) in [5.41, 5.74) is 0.190. The molecular weight excluding hydrogens is 1260 g/mol. The number of imide groups is 2. The fraction of sp³-hybridized carbons (Fsp3) is 0.652. The number of rotatable bonds is 15. The number of benzene rings is 2. The molecule has 2 aromatic carbocycles. The molecule has 2 aliphatic heterocycles. The molecule has 2 aromatic rings. The van der Waals surface area contributed by atoms with Crippen LogP contribution in [0.3, 0.4) is 0 Å². The Morgan fingerprint density at radius 2 is 1.01 bits per heavy atom. The van der Waals surface area contributed by atoms with Gasteiger partial charge in [-0.15, -0.1) is 0 Å². The summed E-state index contributed by atoms with van der Waals surface area (Å²) in [7, 11) is 8.80. The number of aliphatic hydroxyl groups excluding tert-OH is 1. The maximum Gasteiger partial charge on any atom is 0.326 e. The number of ether oxygens (including phenoxy) is 1. The maximum absolute atomic E-state index is 15.3. The lowest BCUT2D eigenvalue weighted by Gasteiger charge is -2.38. The Hall–Kier alpha value is -7.71. The van der Waals surface area contributed by atoms with Gasteiger partial charge in [0.1, 0.15) is 48.3 Å². The standard InChI is InChI=1S/C69H107ClN12O14/c1-20-43(8)53-63(90)76(14)50(36-41(4)5)58(85)73-54(44(9)83)64(91)80(18)68(95)78(16)52(38-45-27-23-21-24-28-45)62(89)75(13)49(35-40(2)3)57(84)71-48(39-96-69(10,11)12)61(88)79(17)56(42(6)7)60(87)74-55(66(93)82-33-25-22-26-34-82)65(92)81(19)67(94)77(15)51(59(86)72-53)37-46-29-31-47(70)32-30-46/h21,23-24,27-32,40-44,48-56,83H,20,22,25-26,33-39H2,1-19H3,(H,71,84)(H,72,86)(H,73,85)(H,74,87)/t43-,44+,48?,49?,50?,51-,52-,53?,54?,55-,56?/m0/s1. The number of aliphatic hydroxyl groups is 1. The van der Waals surface area contributed by atoms with Crippen molar-refractivity contribution in [3.8, 4) is 0 Å². The number of hydrogen-bond acceptors (Lipinski definition) is 14. The smallest absolute Gasteiger partial charge is 0.326 e. The zero-order valence-corrected chi connectivity index (χ0v) is 60.5. The van der Waals surface area contributed by atoms with Crippen LogP contribution in [0.2, 0.25) is 5.02 Å². The van der Waals surface area contributed by atoms with E-state index in [2.05, 4.69) is 21.3 Å². The van der Waals surface area contributed by atoms with E-state index in [9.17, 15) is 24.3 Å². The quantitative estimate of drug-likeness (QED) is 0.155. The van der Waals surface area contributed by atoms with E-state index in [-0.39, 0.29) is 50.6 Å². The van der Waals surface area contributed by atoms with E-state index < -0.39 is 156 Å². The molecule has 2 fully saturated rings. The first-order valence-corrected chi connectivity index (χ1v) is 33.6. The van der Waals surface area contributed by atoms with Crippen LogP contribution in [-0.2, 0) is 65.5 Å². The predicted molar refractivity (Wildman–Crippen MR) is 363 cm³/mol. The molecule has 4 rings (SSSR count). The largest absolute Gasteiger partial charge is 0.391 e. The predicted octanol–water partition coefficient (Wildman–Crippen LogP) is 4.32. The molecule has 2 saturated heterocycles. The van der Waals surface area contributed by atoms with Crippen molar-refractivity contribution in [2.45, 2.75) is 201 Å². The van der Waals surface area contributed by atoms with Gasteiger partial charge in [-0.2, -0.15) is 0 Å². The number of amides is 14. The molecule has 96 heavy (non-hydrogen) atoms. The number of carbonyl (C=O) groups is 12. The molecule has 0 aromatic heterocycles. The molecule has 0 saturated carbocycles. The minimum absolute atomic E-state index is 0.00487. The van der Waals surface area contributed by atoms with Crippen molar-refractivity contribution in [3.63, 3.8) is 0 Å². The van der Waals surface area contributed by atoms with Crippen molar-refractivity contribution < 1.29 is 67.4 Å². The highest BCUT2D eigenvalue weighted by molar-refractivity contribution is 6.30. The summed E-state index contributed by atoms with van der Waals surface area (Å²) in [6, 6.07) is -0.992. The summed E-state index contributed by atoms with van der Waals surface area (Å²) in [6.45, 7) is 20.4. The van der Waals surface area contributed by atoms with Gasteiger partial charge in [-0.1, -0.05) is 116 Å². The molecule has 2 aliphatic rings. The molecule has 534 valence electrons. The molecule has 14 amide bonds. The lowest BCUT2D eigenvalue weighted by atomic mass is 9.94. The molecule has 6 unspecified atom stereocenters. The first kappa shape index (κ1) is 80.7. The third-order valence-corrected chi connectivity index (χ3v) is 18.1. The van der Waals surface area contributed by atoms with Gasteiger partial charge in [0.05, 0.1) is 18.3 Å². The number of likely N-dealkylation sites (N-methyl/N-ethyl adjacent to an activating group) is 7. The molecular formula is C69H107ClN12O14. The lowest BCUT2D eigenvalue weighted by molar-refractivity contribution is -0.150. The molecule has 0 bridgehead atoms. The van der Waals surface area contributed by atoms with Crippen LogP contribution in [0.5, 0.6) is 0 Å². The number of likely N-dealkylation sites (tertiary alicyclic amines) is 1. The summed E-state index contributed by atoms with van der Waals surface area (Å²) in [4.78, 5) is 188. The van der Waals surface area contributed by atoms with Gasteiger partial charge in [0, 0.05) is 80.3 Å².